The number of ether oxygens (including phenoxy) is 1. The van der Waals surface area contributed by atoms with E-state index in [0.717, 1.165) is 0 Å². The first-order chi connectivity index (χ1) is 7.88. The Labute approximate surface area is 102 Å². The molecule has 0 aliphatic rings. The molecule has 0 aliphatic heterocycles. The monoisotopic (exact) mass is 276 g/mol. The third-order valence-corrected chi connectivity index (χ3v) is 3.07. The maximum Gasteiger partial charge on any atom is 0.403 e. The minimum absolute atomic E-state index is 0.337. The molecule has 0 saturated heterocycles. The largest absolute Gasteiger partial charge is 0.464 e. The van der Waals surface area contributed by atoms with Crippen molar-refractivity contribution in [1.29, 1.82) is 0 Å². The van der Waals surface area contributed by atoms with Gasteiger partial charge in [0.05, 0.1) is 5.41 Å². The number of halogens is 5. The first-order valence-electron chi connectivity index (χ1n) is 5.40. The lowest BCUT2D eigenvalue weighted by atomic mass is 9.89. The van der Waals surface area contributed by atoms with Gasteiger partial charge in [-0.15, -0.1) is 0 Å². The Kier molecular flexibility index (Phi) is 5.14. The van der Waals surface area contributed by atoms with Gasteiger partial charge in [-0.25, -0.2) is 8.78 Å². The van der Waals surface area contributed by atoms with Crippen molar-refractivity contribution >= 4 is 5.97 Å². The number of carbonyl (C=O) groups excluding carboxylic acids is 1. The molecule has 1 unspecified atom stereocenters. The predicted octanol–water partition coefficient (Wildman–Crippen LogP) is 3.80. The van der Waals surface area contributed by atoms with E-state index in [9.17, 15) is 26.7 Å². The second-order valence-electron chi connectivity index (χ2n) is 5.03. The second-order valence-corrected chi connectivity index (χ2v) is 5.03. The quantitative estimate of drug-likeness (QED) is 0.564. The molecule has 0 bridgehead atoms. The number of carbonyl (C=O) groups is 1. The summed E-state index contributed by atoms with van der Waals surface area (Å²) in [6.07, 6.45) is -8.46. The van der Waals surface area contributed by atoms with Gasteiger partial charge in [0.2, 0.25) is 0 Å². The standard InChI is InChI=1S/C11H17F5O2/c1-5-9(2,3)8(17)18-6-10(4,7(12)13)11(14,15)16/h7H,5-6H2,1-4H3. The summed E-state index contributed by atoms with van der Waals surface area (Å²) in [6.45, 7) is 3.56. The lowest BCUT2D eigenvalue weighted by Gasteiger charge is -2.31. The molecule has 0 saturated carbocycles. The minimum atomic E-state index is -5.14. The van der Waals surface area contributed by atoms with Crippen LogP contribution in [-0.4, -0.2) is 25.2 Å². The molecule has 18 heavy (non-hydrogen) atoms. The van der Waals surface area contributed by atoms with Crippen molar-refractivity contribution in [2.75, 3.05) is 6.61 Å². The number of hydrogen-bond donors (Lipinski definition) is 0. The minimum Gasteiger partial charge on any atom is -0.464 e. The van der Waals surface area contributed by atoms with Crippen molar-refractivity contribution in [1.82, 2.24) is 0 Å². The van der Waals surface area contributed by atoms with Crippen LogP contribution >= 0.6 is 0 Å². The molecule has 0 aliphatic carbocycles. The highest BCUT2D eigenvalue weighted by atomic mass is 19.4. The summed E-state index contributed by atoms with van der Waals surface area (Å²) in [6, 6.07) is 0. The van der Waals surface area contributed by atoms with Crippen molar-refractivity contribution in [3.8, 4) is 0 Å². The molecule has 0 radical (unpaired) electrons. The average molecular weight is 276 g/mol. The molecule has 108 valence electrons. The lowest BCUT2D eigenvalue weighted by Crippen LogP contribution is -2.46. The van der Waals surface area contributed by atoms with Crippen LogP contribution in [0.4, 0.5) is 22.0 Å². The molecule has 1 atom stereocenters. The zero-order valence-corrected chi connectivity index (χ0v) is 10.7. The molecule has 0 heterocycles. The Hall–Kier alpha value is -0.880. The van der Waals surface area contributed by atoms with Crippen LogP contribution in [0.2, 0.25) is 0 Å². The van der Waals surface area contributed by atoms with E-state index >= 15 is 0 Å². The van der Waals surface area contributed by atoms with E-state index in [0.29, 0.717) is 13.3 Å². The van der Waals surface area contributed by atoms with Crippen LogP contribution in [0.3, 0.4) is 0 Å². The third kappa shape index (κ3) is 3.55. The van der Waals surface area contributed by atoms with E-state index in [4.69, 9.17) is 0 Å². The fourth-order valence-corrected chi connectivity index (χ4v) is 0.824. The maximum absolute atomic E-state index is 12.5. The highest BCUT2D eigenvalue weighted by Gasteiger charge is 2.58. The lowest BCUT2D eigenvalue weighted by molar-refractivity contribution is -0.270. The summed E-state index contributed by atoms with van der Waals surface area (Å²) in [7, 11) is 0. The summed E-state index contributed by atoms with van der Waals surface area (Å²) < 4.78 is 66.9. The van der Waals surface area contributed by atoms with E-state index in [1.165, 1.54) is 13.8 Å². The van der Waals surface area contributed by atoms with Gasteiger partial charge in [-0.3, -0.25) is 4.79 Å². The van der Waals surface area contributed by atoms with Crippen molar-refractivity contribution in [2.24, 2.45) is 10.8 Å². The molecular weight excluding hydrogens is 259 g/mol. The summed E-state index contributed by atoms with van der Waals surface area (Å²) in [5.74, 6) is -0.916. The van der Waals surface area contributed by atoms with Gasteiger partial charge in [0.25, 0.3) is 6.43 Å². The van der Waals surface area contributed by atoms with Crippen molar-refractivity contribution in [3.63, 3.8) is 0 Å². The molecule has 0 N–H and O–H groups in total. The predicted molar refractivity (Wildman–Crippen MR) is 55.2 cm³/mol. The fourth-order valence-electron chi connectivity index (χ4n) is 0.824. The first kappa shape index (κ1) is 17.1. The van der Waals surface area contributed by atoms with Gasteiger partial charge in [0.1, 0.15) is 6.61 Å². The molecule has 0 aromatic carbocycles. The van der Waals surface area contributed by atoms with Crippen LogP contribution in [0.5, 0.6) is 0 Å². The number of alkyl halides is 5. The summed E-state index contributed by atoms with van der Waals surface area (Å²) >= 11 is 0. The molecule has 0 fully saturated rings. The Morgan fingerprint density at radius 2 is 1.61 bits per heavy atom. The molecule has 0 aromatic rings. The SMILES string of the molecule is CCC(C)(C)C(=O)OCC(C)(C(F)F)C(F)(F)F. The second kappa shape index (κ2) is 5.40. The molecule has 0 rings (SSSR count). The van der Waals surface area contributed by atoms with Gasteiger partial charge in [-0.05, 0) is 27.2 Å². The number of hydrogen-bond acceptors (Lipinski definition) is 2. The van der Waals surface area contributed by atoms with Crippen molar-refractivity contribution in [2.45, 2.75) is 46.7 Å². The van der Waals surface area contributed by atoms with Crippen LogP contribution in [0.25, 0.3) is 0 Å². The van der Waals surface area contributed by atoms with Crippen LogP contribution < -0.4 is 0 Å². The fraction of sp³-hybridized carbons (Fsp3) is 0.909. The van der Waals surface area contributed by atoms with E-state index in [1.54, 1.807) is 6.92 Å². The topological polar surface area (TPSA) is 26.3 Å². The van der Waals surface area contributed by atoms with Crippen molar-refractivity contribution < 1.29 is 31.5 Å². The van der Waals surface area contributed by atoms with Gasteiger partial charge in [0, 0.05) is 0 Å². The first-order valence-corrected chi connectivity index (χ1v) is 5.40. The van der Waals surface area contributed by atoms with Crippen LogP contribution in [0, 0.1) is 10.8 Å². The Bertz CT molecular complexity index is 298. The number of esters is 1. The van der Waals surface area contributed by atoms with E-state index in [2.05, 4.69) is 4.74 Å². The molecule has 0 spiro atoms. The van der Waals surface area contributed by atoms with E-state index in [1.807, 2.05) is 0 Å². The van der Waals surface area contributed by atoms with Gasteiger partial charge < -0.3 is 4.74 Å². The summed E-state index contributed by atoms with van der Waals surface area (Å²) in [4.78, 5) is 11.5. The third-order valence-electron chi connectivity index (χ3n) is 3.07. The zero-order valence-electron chi connectivity index (χ0n) is 10.7. The van der Waals surface area contributed by atoms with E-state index in [-0.39, 0.29) is 0 Å². The zero-order chi connectivity index (χ0) is 14.8. The molecule has 0 aromatic heterocycles. The molecule has 7 heteroatoms. The molecular formula is C11H17F5O2. The summed E-state index contributed by atoms with van der Waals surface area (Å²) in [5.41, 5.74) is -4.33. The van der Waals surface area contributed by atoms with Gasteiger partial charge in [-0.1, -0.05) is 6.92 Å². The van der Waals surface area contributed by atoms with Gasteiger partial charge in [-0.2, -0.15) is 13.2 Å². The Morgan fingerprint density at radius 1 is 1.17 bits per heavy atom. The normalized spacial score (nSPS) is 16.6. The van der Waals surface area contributed by atoms with Crippen LogP contribution in [-0.2, 0) is 9.53 Å². The summed E-state index contributed by atoms with van der Waals surface area (Å²) in [5, 5.41) is 0. The highest BCUT2D eigenvalue weighted by Crippen LogP contribution is 2.43. The van der Waals surface area contributed by atoms with Crippen LogP contribution in [0.15, 0.2) is 0 Å². The average Bonchev–Trinajstić information content (AvgIpc) is 2.23. The van der Waals surface area contributed by atoms with Gasteiger partial charge in [0.15, 0.2) is 5.41 Å². The number of rotatable bonds is 5. The van der Waals surface area contributed by atoms with Crippen LogP contribution in [0.1, 0.15) is 34.1 Å². The highest BCUT2D eigenvalue weighted by molar-refractivity contribution is 5.75. The molecule has 2 nitrogen and oxygen atoms in total. The van der Waals surface area contributed by atoms with Gasteiger partial charge >= 0.3 is 12.1 Å². The van der Waals surface area contributed by atoms with Crippen molar-refractivity contribution in [3.05, 3.63) is 0 Å². The maximum atomic E-state index is 12.5. The Morgan fingerprint density at radius 3 is 1.89 bits per heavy atom. The molecule has 0 amide bonds. The smallest absolute Gasteiger partial charge is 0.403 e. The van der Waals surface area contributed by atoms with E-state index < -0.39 is 36.0 Å². The Balaban J connectivity index is 4.82.